The zero-order valence-electron chi connectivity index (χ0n) is 8.41. The maximum Gasteiger partial charge on any atom is 0.0126 e. The van der Waals surface area contributed by atoms with Gasteiger partial charge in [0.05, 0.1) is 0 Å². The average Bonchev–Trinajstić information content (AvgIpc) is 2.80. The molecule has 1 saturated heterocycles. The third-order valence-corrected chi connectivity index (χ3v) is 4.41. The van der Waals surface area contributed by atoms with Crippen molar-refractivity contribution in [2.45, 2.75) is 44.6 Å². The molecule has 3 atom stereocenters. The van der Waals surface area contributed by atoms with Crippen LogP contribution in [0.4, 0.5) is 0 Å². The first-order valence-corrected chi connectivity index (χ1v) is 5.99. The molecule has 3 fully saturated rings. The molecule has 0 spiro atoms. The van der Waals surface area contributed by atoms with Crippen LogP contribution in [-0.4, -0.2) is 24.0 Å². The second-order valence-electron chi connectivity index (χ2n) is 5.14. The van der Waals surface area contributed by atoms with Gasteiger partial charge < -0.3 is 4.90 Å². The molecule has 0 aromatic carbocycles. The summed E-state index contributed by atoms with van der Waals surface area (Å²) >= 11 is 0. The van der Waals surface area contributed by atoms with E-state index in [0.717, 1.165) is 17.9 Å². The van der Waals surface area contributed by atoms with Gasteiger partial charge in [0.1, 0.15) is 0 Å². The zero-order chi connectivity index (χ0) is 8.67. The summed E-state index contributed by atoms with van der Waals surface area (Å²) in [5, 5.41) is 0. The van der Waals surface area contributed by atoms with E-state index in [-0.39, 0.29) is 0 Å². The number of hydrogen-bond donors (Lipinski definition) is 0. The van der Waals surface area contributed by atoms with Gasteiger partial charge in [0.25, 0.3) is 0 Å². The van der Waals surface area contributed by atoms with Crippen molar-refractivity contribution >= 4 is 0 Å². The summed E-state index contributed by atoms with van der Waals surface area (Å²) in [6.07, 6.45) is 11.3. The molecule has 13 heavy (non-hydrogen) atoms. The molecule has 2 saturated carbocycles. The Hall–Kier alpha value is -0.0400. The topological polar surface area (TPSA) is 3.24 Å². The maximum atomic E-state index is 2.78. The van der Waals surface area contributed by atoms with Crippen molar-refractivity contribution in [2.75, 3.05) is 13.1 Å². The Morgan fingerprint density at radius 1 is 1.00 bits per heavy atom. The second kappa shape index (κ2) is 3.27. The number of likely N-dealkylation sites (tertiary alicyclic amines) is 1. The van der Waals surface area contributed by atoms with E-state index in [0.29, 0.717) is 0 Å². The lowest BCUT2D eigenvalue weighted by atomic mass is 9.92. The van der Waals surface area contributed by atoms with Crippen LogP contribution in [0.2, 0.25) is 0 Å². The molecule has 1 heteroatoms. The highest BCUT2D eigenvalue weighted by molar-refractivity contribution is 4.96. The van der Waals surface area contributed by atoms with Crippen LogP contribution in [0.15, 0.2) is 0 Å². The predicted octanol–water partition coefficient (Wildman–Crippen LogP) is 2.48. The summed E-state index contributed by atoms with van der Waals surface area (Å²) in [5.41, 5.74) is 0. The minimum atomic E-state index is 0.993. The van der Waals surface area contributed by atoms with Crippen LogP contribution in [0, 0.1) is 18.3 Å². The molecule has 3 unspecified atom stereocenters. The second-order valence-corrected chi connectivity index (χ2v) is 5.14. The molecule has 0 N–H and O–H groups in total. The first-order valence-electron chi connectivity index (χ1n) is 5.99. The van der Waals surface area contributed by atoms with Crippen LogP contribution >= 0.6 is 0 Å². The summed E-state index contributed by atoms with van der Waals surface area (Å²) in [6.45, 7) is 2.71. The first kappa shape index (κ1) is 8.28. The number of rotatable bonds is 1. The number of piperidine rings is 1. The number of nitrogens with zero attached hydrogens (tertiary/aromatic N) is 1. The Balaban J connectivity index is 1.65. The van der Waals surface area contributed by atoms with Crippen molar-refractivity contribution in [1.29, 1.82) is 0 Å². The van der Waals surface area contributed by atoms with Gasteiger partial charge in [0.15, 0.2) is 0 Å². The highest BCUT2D eigenvalue weighted by Crippen LogP contribution is 2.46. The van der Waals surface area contributed by atoms with Gasteiger partial charge in [-0.2, -0.15) is 0 Å². The minimum Gasteiger partial charge on any atom is -0.300 e. The molecule has 3 aliphatic rings. The molecule has 1 heterocycles. The van der Waals surface area contributed by atoms with Gasteiger partial charge in [-0.05, 0) is 63.5 Å². The maximum absolute atomic E-state index is 2.78. The number of hydrogen-bond acceptors (Lipinski definition) is 1. The van der Waals surface area contributed by atoms with E-state index >= 15 is 0 Å². The summed E-state index contributed by atoms with van der Waals surface area (Å²) in [4.78, 5) is 2.78. The molecule has 1 aliphatic heterocycles. The Morgan fingerprint density at radius 3 is 2.46 bits per heavy atom. The standard InChI is InChI=1S/C12H20N/c1-2-6-13(7-3-1)12-9-10-4-5-11(12)8-10/h1,10-12H,2-9H2. The van der Waals surface area contributed by atoms with E-state index < -0.39 is 0 Å². The van der Waals surface area contributed by atoms with E-state index in [1.54, 1.807) is 12.8 Å². The Labute approximate surface area is 81.5 Å². The van der Waals surface area contributed by atoms with Crippen LogP contribution in [0.3, 0.4) is 0 Å². The summed E-state index contributed by atoms with van der Waals surface area (Å²) in [6, 6.07) is 0.993. The first-order chi connectivity index (χ1) is 6.43. The average molecular weight is 178 g/mol. The third kappa shape index (κ3) is 1.41. The van der Waals surface area contributed by atoms with Gasteiger partial charge in [0, 0.05) is 6.04 Å². The summed E-state index contributed by atoms with van der Waals surface area (Å²) in [7, 11) is 0. The Bertz CT molecular complexity index is 184. The molecular formula is C12H20N. The van der Waals surface area contributed by atoms with Crippen LogP contribution in [0.25, 0.3) is 0 Å². The fourth-order valence-corrected chi connectivity index (χ4v) is 3.76. The molecular weight excluding hydrogens is 158 g/mol. The SMILES string of the molecule is [CH]1CCN(C2CC3CCC2C3)CC1. The molecule has 0 aromatic rings. The highest BCUT2D eigenvalue weighted by atomic mass is 15.2. The van der Waals surface area contributed by atoms with Gasteiger partial charge in [-0.25, -0.2) is 0 Å². The molecule has 2 aliphatic carbocycles. The lowest BCUT2D eigenvalue weighted by Crippen LogP contribution is -2.42. The van der Waals surface area contributed by atoms with Crippen LogP contribution < -0.4 is 0 Å². The van der Waals surface area contributed by atoms with Crippen molar-refractivity contribution in [2.24, 2.45) is 11.8 Å². The summed E-state index contributed by atoms with van der Waals surface area (Å²) in [5.74, 6) is 2.20. The van der Waals surface area contributed by atoms with Crippen molar-refractivity contribution < 1.29 is 0 Å². The third-order valence-electron chi connectivity index (χ3n) is 4.41. The van der Waals surface area contributed by atoms with Crippen LogP contribution in [-0.2, 0) is 0 Å². The van der Waals surface area contributed by atoms with E-state index in [2.05, 4.69) is 11.3 Å². The quantitative estimate of drug-likeness (QED) is 0.596. The molecule has 0 amide bonds. The van der Waals surface area contributed by atoms with E-state index in [1.165, 1.54) is 38.8 Å². The smallest absolute Gasteiger partial charge is 0.0126 e. The van der Waals surface area contributed by atoms with Crippen molar-refractivity contribution in [3.8, 4) is 0 Å². The molecule has 1 radical (unpaired) electrons. The van der Waals surface area contributed by atoms with Crippen molar-refractivity contribution in [3.05, 3.63) is 6.42 Å². The van der Waals surface area contributed by atoms with E-state index in [1.807, 2.05) is 0 Å². The van der Waals surface area contributed by atoms with Crippen molar-refractivity contribution in [3.63, 3.8) is 0 Å². The van der Waals surface area contributed by atoms with Gasteiger partial charge in [-0.1, -0.05) is 6.42 Å². The van der Waals surface area contributed by atoms with E-state index in [4.69, 9.17) is 0 Å². The van der Waals surface area contributed by atoms with Gasteiger partial charge >= 0.3 is 0 Å². The predicted molar refractivity (Wildman–Crippen MR) is 54.3 cm³/mol. The summed E-state index contributed by atoms with van der Waals surface area (Å²) < 4.78 is 0. The normalized spacial score (nSPS) is 45.7. The molecule has 1 nitrogen and oxygen atoms in total. The van der Waals surface area contributed by atoms with Gasteiger partial charge in [-0.3, -0.25) is 0 Å². The highest BCUT2D eigenvalue weighted by Gasteiger charge is 2.42. The fourth-order valence-electron chi connectivity index (χ4n) is 3.76. The molecule has 3 rings (SSSR count). The van der Waals surface area contributed by atoms with Gasteiger partial charge in [-0.15, -0.1) is 0 Å². The van der Waals surface area contributed by atoms with Gasteiger partial charge in [0.2, 0.25) is 0 Å². The largest absolute Gasteiger partial charge is 0.300 e. The van der Waals surface area contributed by atoms with Crippen LogP contribution in [0.5, 0.6) is 0 Å². The number of fused-ring (bicyclic) bond motifs is 2. The van der Waals surface area contributed by atoms with Crippen LogP contribution in [0.1, 0.15) is 38.5 Å². The van der Waals surface area contributed by atoms with Crippen molar-refractivity contribution in [1.82, 2.24) is 4.90 Å². The molecule has 0 aromatic heterocycles. The monoisotopic (exact) mass is 178 g/mol. The lowest BCUT2D eigenvalue weighted by molar-refractivity contribution is 0.131. The minimum absolute atomic E-state index is 0.993. The molecule has 2 bridgehead atoms. The molecule has 73 valence electrons. The zero-order valence-corrected chi connectivity index (χ0v) is 8.41. The lowest BCUT2D eigenvalue weighted by Gasteiger charge is -2.37. The van der Waals surface area contributed by atoms with E-state index in [9.17, 15) is 0 Å². The Kier molecular flexibility index (Phi) is 2.08. The Morgan fingerprint density at radius 2 is 1.85 bits per heavy atom. The fraction of sp³-hybridized carbons (Fsp3) is 0.917.